The summed E-state index contributed by atoms with van der Waals surface area (Å²) in [6.07, 6.45) is 0. The Morgan fingerprint density at radius 2 is 1.33 bits per heavy atom. The molecule has 8 nitrogen and oxygen atoms in total. The SMILES string of the molecule is CC(C)([C@H](C#N)[N+](=O)[O-])[C@H](C#N)[N+](=O)[O-]. The van der Waals surface area contributed by atoms with Crippen LogP contribution in [0.1, 0.15) is 13.8 Å². The minimum Gasteiger partial charge on any atom is -0.263 e. The molecule has 0 spiro atoms. The molecule has 0 rings (SSSR count). The Hall–Kier alpha value is -2.22. The quantitative estimate of drug-likeness (QED) is 0.487. The van der Waals surface area contributed by atoms with Crippen molar-refractivity contribution in [1.82, 2.24) is 0 Å². The lowest BCUT2D eigenvalue weighted by Crippen LogP contribution is -2.46. The molecule has 0 fully saturated rings. The van der Waals surface area contributed by atoms with Crippen LogP contribution < -0.4 is 0 Å². The fourth-order valence-electron chi connectivity index (χ4n) is 1.12. The smallest absolute Gasteiger partial charge is 0.263 e. The maximum atomic E-state index is 10.5. The van der Waals surface area contributed by atoms with Crippen LogP contribution in [-0.2, 0) is 0 Å². The fourth-order valence-corrected chi connectivity index (χ4v) is 1.12. The molecule has 0 N–H and O–H groups in total. The van der Waals surface area contributed by atoms with Crippen molar-refractivity contribution in [3.63, 3.8) is 0 Å². The highest BCUT2D eigenvalue weighted by Gasteiger charge is 2.52. The lowest BCUT2D eigenvalue weighted by Gasteiger charge is -2.22. The van der Waals surface area contributed by atoms with Crippen molar-refractivity contribution in [1.29, 1.82) is 10.5 Å². The lowest BCUT2D eigenvalue weighted by atomic mass is 9.79. The average Bonchev–Trinajstić information content (AvgIpc) is 2.02. The number of nitriles is 2. The van der Waals surface area contributed by atoms with Crippen molar-refractivity contribution in [3.8, 4) is 12.1 Å². The third-order valence-corrected chi connectivity index (χ3v) is 2.08. The van der Waals surface area contributed by atoms with E-state index in [-0.39, 0.29) is 0 Å². The zero-order chi connectivity index (χ0) is 12.2. The zero-order valence-corrected chi connectivity index (χ0v) is 8.08. The van der Waals surface area contributed by atoms with Crippen LogP contribution >= 0.6 is 0 Å². The highest BCUT2D eigenvalue weighted by atomic mass is 16.6. The minimum absolute atomic E-state index is 0.923. The van der Waals surface area contributed by atoms with Crippen LogP contribution in [0.15, 0.2) is 0 Å². The van der Waals surface area contributed by atoms with E-state index in [1.54, 1.807) is 0 Å². The summed E-state index contributed by atoms with van der Waals surface area (Å²) in [5.41, 5.74) is -1.64. The molecule has 0 saturated carbocycles. The van der Waals surface area contributed by atoms with Gasteiger partial charge in [0.2, 0.25) is 0 Å². The summed E-state index contributed by atoms with van der Waals surface area (Å²) in [5, 5.41) is 38.0. The molecule has 0 radical (unpaired) electrons. The second-order valence-corrected chi connectivity index (χ2v) is 3.46. The highest BCUT2D eigenvalue weighted by Crippen LogP contribution is 2.28. The van der Waals surface area contributed by atoms with Gasteiger partial charge in [-0.1, -0.05) is 0 Å². The van der Waals surface area contributed by atoms with Gasteiger partial charge in [0, 0.05) is 9.85 Å². The summed E-state index contributed by atoms with van der Waals surface area (Å²) in [6, 6.07) is -0.856. The lowest BCUT2D eigenvalue weighted by molar-refractivity contribution is -0.570. The normalized spacial score (nSPS) is 14.4. The summed E-state index contributed by atoms with van der Waals surface area (Å²) in [7, 11) is 0. The molecule has 80 valence electrons. The van der Waals surface area contributed by atoms with Gasteiger partial charge in [0.15, 0.2) is 0 Å². The van der Waals surface area contributed by atoms with Crippen LogP contribution in [0.4, 0.5) is 0 Å². The molecule has 2 atom stereocenters. The molecule has 0 bridgehead atoms. The molecule has 8 heteroatoms. The Balaban J connectivity index is 5.29. The number of nitrogens with zero attached hydrogens (tertiary/aromatic N) is 4. The Morgan fingerprint density at radius 3 is 1.47 bits per heavy atom. The van der Waals surface area contributed by atoms with Gasteiger partial charge >= 0.3 is 12.1 Å². The molecule has 0 aromatic heterocycles. The summed E-state index contributed by atoms with van der Waals surface area (Å²) < 4.78 is 0. The van der Waals surface area contributed by atoms with Crippen LogP contribution in [0.2, 0.25) is 0 Å². The van der Waals surface area contributed by atoms with Gasteiger partial charge in [0.05, 0.1) is 0 Å². The van der Waals surface area contributed by atoms with E-state index in [4.69, 9.17) is 10.5 Å². The van der Waals surface area contributed by atoms with Crippen LogP contribution in [0.3, 0.4) is 0 Å². The maximum Gasteiger partial charge on any atom is 0.309 e. The van der Waals surface area contributed by atoms with Gasteiger partial charge in [-0.3, -0.25) is 20.2 Å². The molecule has 0 aromatic rings. The van der Waals surface area contributed by atoms with Crippen molar-refractivity contribution in [2.75, 3.05) is 0 Å². The summed E-state index contributed by atoms with van der Waals surface area (Å²) in [4.78, 5) is 19.1. The van der Waals surface area contributed by atoms with Crippen LogP contribution in [0, 0.1) is 48.3 Å². The molecule has 0 amide bonds. The first-order valence-electron chi connectivity index (χ1n) is 3.85. The summed E-state index contributed by atoms with van der Waals surface area (Å²) >= 11 is 0. The predicted octanol–water partition coefficient (Wildman–Crippen LogP) is 0.350. The topological polar surface area (TPSA) is 134 Å². The molecule has 15 heavy (non-hydrogen) atoms. The molecule has 0 aliphatic carbocycles. The molecule has 0 aliphatic heterocycles. The molecular formula is C7H8N4O4. The molecule has 0 aromatic carbocycles. The maximum absolute atomic E-state index is 10.5. The van der Waals surface area contributed by atoms with Crippen molar-refractivity contribution in [2.24, 2.45) is 5.41 Å². The van der Waals surface area contributed by atoms with Crippen molar-refractivity contribution >= 4 is 0 Å². The summed E-state index contributed by atoms with van der Waals surface area (Å²) in [5.74, 6) is 0. The fraction of sp³-hybridized carbons (Fsp3) is 0.714. The average molecular weight is 212 g/mol. The van der Waals surface area contributed by atoms with Gasteiger partial charge in [-0.25, -0.2) is 0 Å². The van der Waals surface area contributed by atoms with E-state index in [0.717, 1.165) is 13.8 Å². The second-order valence-electron chi connectivity index (χ2n) is 3.46. The Morgan fingerprint density at radius 1 is 1.07 bits per heavy atom. The van der Waals surface area contributed by atoms with E-state index in [0.29, 0.717) is 0 Å². The first-order chi connectivity index (χ1) is 6.78. The molecule has 0 heterocycles. The third-order valence-electron chi connectivity index (χ3n) is 2.08. The standard InChI is InChI=1S/C7H8N4O4/c1-7(2,5(3-8)10(12)13)6(4-9)11(14)15/h5-6H,1-2H3/t5-,6-/m0/s1. The Bertz CT molecular complexity index is 330. The van der Waals surface area contributed by atoms with Crippen molar-refractivity contribution in [3.05, 3.63) is 20.2 Å². The number of hydrogen-bond donors (Lipinski definition) is 0. The first kappa shape index (κ1) is 12.8. The van der Waals surface area contributed by atoms with E-state index in [1.807, 2.05) is 0 Å². The van der Waals surface area contributed by atoms with Gasteiger partial charge < -0.3 is 0 Å². The Kier molecular flexibility index (Phi) is 3.69. The van der Waals surface area contributed by atoms with E-state index in [1.165, 1.54) is 12.1 Å². The van der Waals surface area contributed by atoms with E-state index in [9.17, 15) is 20.2 Å². The van der Waals surface area contributed by atoms with Gasteiger partial charge in [0.1, 0.15) is 17.6 Å². The first-order valence-corrected chi connectivity index (χ1v) is 3.85. The summed E-state index contributed by atoms with van der Waals surface area (Å²) in [6.45, 7) is 2.31. The second kappa shape index (κ2) is 4.33. The van der Waals surface area contributed by atoms with Gasteiger partial charge in [0.25, 0.3) is 0 Å². The van der Waals surface area contributed by atoms with E-state index in [2.05, 4.69) is 0 Å². The number of nitro groups is 2. The highest BCUT2D eigenvalue weighted by molar-refractivity contribution is 5.05. The van der Waals surface area contributed by atoms with Gasteiger partial charge in [-0.2, -0.15) is 10.5 Å². The molecule has 0 aliphatic rings. The van der Waals surface area contributed by atoms with Crippen LogP contribution in [-0.4, -0.2) is 21.9 Å². The monoisotopic (exact) mass is 212 g/mol. The molecule has 0 unspecified atom stereocenters. The van der Waals surface area contributed by atoms with E-state index < -0.39 is 27.3 Å². The van der Waals surface area contributed by atoms with E-state index >= 15 is 0 Å². The number of rotatable bonds is 4. The van der Waals surface area contributed by atoms with Crippen molar-refractivity contribution in [2.45, 2.75) is 25.9 Å². The van der Waals surface area contributed by atoms with Crippen LogP contribution in [0.5, 0.6) is 0 Å². The largest absolute Gasteiger partial charge is 0.309 e. The molecule has 0 saturated heterocycles. The predicted molar refractivity (Wildman–Crippen MR) is 46.6 cm³/mol. The Labute approximate surface area is 85.0 Å². The van der Waals surface area contributed by atoms with Gasteiger partial charge in [-0.15, -0.1) is 0 Å². The third kappa shape index (κ3) is 2.38. The zero-order valence-electron chi connectivity index (χ0n) is 8.08. The van der Waals surface area contributed by atoms with Crippen LogP contribution in [0.25, 0.3) is 0 Å². The van der Waals surface area contributed by atoms with Crippen molar-refractivity contribution < 1.29 is 9.85 Å². The van der Waals surface area contributed by atoms with Gasteiger partial charge in [-0.05, 0) is 13.8 Å². The molecular weight excluding hydrogens is 204 g/mol. The minimum atomic E-state index is -1.78. The number of hydrogen-bond acceptors (Lipinski definition) is 6.